The fraction of sp³-hybridized carbons (Fsp3) is 0.444. The van der Waals surface area contributed by atoms with Gasteiger partial charge in [-0.1, -0.05) is 0 Å². The molecule has 27 heavy (non-hydrogen) atoms. The number of nitrogens with one attached hydrogen (secondary N) is 2. The van der Waals surface area contributed by atoms with Crippen LogP contribution in [0.15, 0.2) is 18.7 Å². The van der Waals surface area contributed by atoms with Gasteiger partial charge in [0, 0.05) is 37.9 Å². The van der Waals surface area contributed by atoms with E-state index in [1.165, 1.54) is 0 Å². The van der Waals surface area contributed by atoms with E-state index in [4.69, 9.17) is 4.98 Å². The van der Waals surface area contributed by atoms with E-state index in [1.54, 1.807) is 18.7 Å². The normalized spacial score (nSPS) is 17.6. The van der Waals surface area contributed by atoms with E-state index in [0.29, 0.717) is 24.3 Å². The Morgan fingerprint density at radius 3 is 2.85 bits per heavy atom. The van der Waals surface area contributed by atoms with Crippen molar-refractivity contribution >= 4 is 22.9 Å². The zero-order valence-electron chi connectivity index (χ0n) is 15.4. The molecular weight excluding hydrogens is 344 g/mol. The number of rotatable bonds is 4. The average Bonchev–Trinajstić information content (AvgIpc) is 2.94. The molecule has 1 amide bonds. The molecule has 0 saturated carbocycles. The van der Waals surface area contributed by atoms with E-state index in [1.807, 2.05) is 11.5 Å². The number of nitrogens with zero attached hydrogens (tertiary/aromatic N) is 6. The quantitative estimate of drug-likeness (QED) is 0.723. The summed E-state index contributed by atoms with van der Waals surface area (Å²) in [5, 5.41) is 6.37. The maximum atomic E-state index is 11.6. The van der Waals surface area contributed by atoms with Crippen molar-refractivity contribution in [2.75, 3.05) is 11.9 Å². The summed E-state index contributed by atoms with van der Waals surface area (Å²) in [6, 6.07) is 0.118. The lowest BCUT2D eigenvalue weighted by Crippen LogP contribution is -2.33. The standard InChI is InChI=1S/C18H22N8O/c1-3-26-17(12-7-19-11(2)20-8-12)25-15-16(22-10-23-18(15)26)24-13-5-4-6-14(27)21-9-13/h7-8,10,13H,3-6,9H2,1-2H3,(H,21,27)(H,22,23,24). The molecule has 4 heterocycles. The van der Waals surface area contributed by atoms with Crippen molar-refractivity contribution in [3.8, 4) is 11.4 Å². The molecule has 1 unspecified atom stereocenters. The molecule has 0 bridgehead atoms. The molecule has 1 aliphatic heterocycles. The largest absolute Gasteiger partial charge is 0.364 e. The van der Waals surface area contributed by atoms with Crippen molar-refractivity contribution in [1.82, 2.24) is 34.8 Å². The molecule has 0 spiro atoms. The Balaban J connectivity index is 1.72. The van der Waals surface area contributed by atoms with Crippen LogP contribution in [0.3, 0.4) is 0 Å². The number of hydrogen-bond acceptors (Lipinski definition) is 7. The Morgan fingerprint density at radius 2 is 2.07 bits per heavy atom. The number of amides is 1. The number of anilines is 1. The number of hydrogen-bond donors (Lipinski definition) is 2. The summed E-state index contributed by atoms with van der Waals surface area (Å²) in [6.07, 6.45) is 7.42. The van der Waals surface area contributed by atoms with Crippen molar-refractivity contribution in [3.05, 3.63) is 24.5 Å². The second kappa shape index (κ2) is 7.26. The molecule has 140 valence electrons. The molecule has 1 saturated heterocycles. The predicted molar refractivity (Wildman–Crippen MR) is 101 cm³/mol. The minimum absolute atomic E-state index is 0.101. The maximum absolute atomic E-state index is 11.6. The molecule has 1 fully saturated rings. The van der Waals surface area contributed by atoms with Crippen molar-refractivity contribution < 1.29 is 4.79 Å². The van der Waals surface area contributed by atoms with E-state index in [9.17, 15) is 4.79 Å². The zero-order chi connectivity index (χ0) is 18.8. The van der Waals surface area contributed by atoms with Crippen LogP contribution in [0.5, 0.6) is 0 Å². The molecule has 0 aromatic carbocycles. The minimum Gasteiger partial charge on any atom is -0.364 e. The van der Waals surface area contributed by atoms with E-state index in [2.05, 4.69) is 37.5 Å². The zero-order valence-corrected chi connectivity index (χ0v) is 15.4. The first-order valence-corrected chi connectivity index (χ1v) is 9.19. The third-order valence-corrected chi connectivity index (χ3v) is 4.73. The number of carbonyl (C=O) groups is 1. The molecule has 3 aromatic heterocycles. The van der Waals surface area contributed by atoms with Crippen LogP contribution in [0.4, 0.5) is 5.82 Å². The van der Waals surface area contributed by atoms with E-state index in [0.717, 1.165) is 42.2 Å². The first-order valence-electron chi connectivity index (χ1n) is 9.19. The Bertz CT molecular complexity index is 965. The molecular formula is C18H22N8O. The van der Waals surface area contributed by atoms with Gasteiger partial charge in [0.05, 0.1) is 5.56 Å². The van der Waals surface area contributed by atoms with E-state index < -0.39 is 0 Å². The first kappa shape index (κ1) is 17.3. The third-order valence-electron chi connectivity index (χ3n) is 4.73. The van der Waals surface area contributed by atoms with Gasteiger partial charge in [-0.05, 0) is 26.7 Å². The number of aromatic nitrogens is 6. The highest BCUT2D eigenvalue weighted by atomic mass is 16.1. The minimum atomic E-state index is 0.101. The van der Waals surface area contributed by atoms with Crippen LogP contribution >= 0.6 is 0 Å². The highest BCUT2D eigenvalue weighted by molar-refractivity contribution is 5.86. The van der Waals surface area contributed by atoms with Crippen LogP contribution in [0, 0.1) is 6.92 Å². The van der Waals surface area contributed by atoms with Crippen molar-refractivity contribution in [2.45, 2.75) is 45.7 Å². The van der Waals surface area contributed by atoms with Gasteiger partial charge in [0.2, 0.25) is 5.91 Å². The van der Waals surface area contributed by atoms with E-state index in [-0.39, 0.29) is 11.9 Å². The van der Waals surface area contributed by atoms with Gasteiger partial charge in [-0.3, -0.25) is 4.79 Å². The van der Waals surface area contributed by atoms with Crippen molar-refractivity contribution in [3.63, 3.8) is 0 Å². The van der Waals surface area contributed by atoms with Gasteiger partial charge in [-0.2, -0.15) is 0 Å². The Morgan fingerprint density at radius 1 is 1.26 bits per heavy atom. The summed E-state index contributed by atoms with van der Waals surface area (Å²) in [4.78, 5) is 33.8. The lowest BCUT2D eigenvalue weighted by atomic mass is 10.1. The molecule has 4 rings (SSSR count). The van der Waals surface area contributed by atoms with Gasteiger partial charge in [0.25, 0.3) is 0 Å². The molecule has 9 nitrogen and oxygen atoms in total. The molecule has 1 aliphatic rings. The summed E-state index contributed by atoms with van der Waals surface area (Å²) in [5.74, 6) is 2.27. The van der Waals surface area contributed by atoms with Gasteiger partial charge in [0.1, 0.15) is 18.0 Å². The fourth-order valence-electron chi connectivity index (χ4n) is 3.32. The highest BCUT2D eigenvalue weighted by Gasteiger charge is 2.20. The molecule has 1 atom stereocenters. The molecule has 3 aromatic rings. The second-order valence-electron chi connectivity index (χ2n) is 6.63. The van der Waals surface area contributed by atoms with Crippen LogP contribution in [-0.4, -0.2) is 48.0 Å². The lowest BCUT2D eigenvalue weighted by molar-refractivity contribution is -0.120. The van der Waals surface area contributed by atoms with Crippen LogP contribution in [0.2, 0.25) is 0 Å². The molecule has 2 N–H and O–H groups in total. The fourth-order valence-corrected chi connectivity index (χ4v) is 3.32. The van der Waals surface area contributed by atoms with Gasteiger partial charge < -0.3 is 15.2 Å². The number of carbonyl (C=O) groups excluding carboxylic acids is 1. The van der Waals surface area contributed by atoms with Gasteiger partial charge in [-0.15, -0.1) is 0 Å². The SMILES string of the molecule is CCn1c(-c2cnc(C)nc2)nc2c(NC3CCCC(=O)NC3)ncnc21. The summed E-state index contributed by atoms with van der Waals surface area (Å²) < 4.78 is 2.03. The predicted octanol–water partition coefficient (Wildman–Crippen LogP) is 1.69. The van der Waals surface area contributed by atoms with Gasteiger partial charge in [-0.25, -0.2) is 24.9 Å². The first-order chi connectivity index (χ1) is 13.2. The molecule has 9 heteroatoms. The third kappa shape index (κ3) is 3.44. The summed E-state index contributed by atoms with van der Waals surface area (Å²) in [5.41, 5.74) is 2.32. The van der Waals surface area contributed by atoms with Crippen molar-refractivity contribution in [2.24, 2.45) is 0 Å². The van der Waals surface area contributed by atoms with Crippen molar-refractivity contribution in [1.29, 1.82) is 0 Å². The second-order valence-corrected chi connectivity index (χ2v) is 6.63. The van der Waals surface area contributed by atoms with Crippen LogP contribution in [0.25, 0.3) is 22.6 Å². The lowest BCUT2D eigenvalue weighted by Gasteiger charge is -2.16. The summed E-state index contributed by atoms with van der Waals surface area (Å²) in [6.45, 7) is 5.20. The number of fused-ring (bicyclic) bond motifs is 1. The monoisotopic (exact) mass is 366 g/mol. The van der Waals surface area contributed by atoms with Crippen LogP contribution in [-0.2, 0) is 11.3 Å². The Kier molecular flexibility index (Phi) is 4.66. The van der Waals surface area contributed by atoms with E-state index >= 15 is 0 Å². The highest BCUT2D eigenvalue weighted by Crippen LogP contribution is 2.27. The van der Waals surface area contributed by atoms with Crippen LogP contribution < -0.4 is 10.6 Å². The smallest absolute Gasteiger partial charge is 0.220 e. The average molecular weight is 366 g/mol. The summed E-state index contributed by atoms with van der Waals surface area (Å²) >= 11 is 0. The summed E-state index contributed by atoms with van der Waals surface area (Å²) in [7, 11) is 0. The molecule has 0 radical (unpaired) electrons. The number of aryl methyl sites for hydroxylation is 2. The Hall–Kier alpha value is -3.10. The van der Waals surface area contributed by atoms with Gasteiger partial charge >= 0.3 is 0 Å². The number of imidazole rings is 1. The maximum Gasteiger partial charge on any atom is 0.220 e. The molecule has 0 aliphatic carbocycles. The topological polar surface area (TPSA) is 111 Å². The van der Waals surface area contributed by atoms with Crippen LogP contribution in [0.1, 0.15) is 32.0 Å². The van der Waals surface area contributed by atoms with Gasteiger partial charge in [0.15, 0.2) is 17.0 Å². The Labute approximate surface area is 156 Å².